The number of aromatic hydroxyl groups is 1. The van der Waals surface area contributed by atoms with Crippen molar-refractivity contribution in [2.75, 3.05) is 17.2 Å². The summed E-state index contributed by atoms with van der Waals surface area (Å²) in [7, 11) is 0. The molecule has 1 aliphatic heterocycles. The van der Waals surface area contributed by atoms with E-state index in [4.69, 9.17) is 4.74 Å². The summed E-state index contributed by atoms with van der Waals surface area (Å²) in [6.45, 7) is 17.0. The Bertz CT molecular complexity index is 981. The van der Waals surface area contributed by atoms with Gasteiger partial charge in [0, 0.05) is 11.8 Å². The van der Waals surface area contributed by atoms with E-state index in [1.165, 1.54) is 5.56 Å². The Hall–Kier alpha value is -2.69. The third-order valence-electron chi connectivity index (χ3n) is 5.65. The number of fused-ring (bicyclic) bond motifs is 1. The van der Waals surface area contributed by atoms with E-state index < -0.39 is 6.10 Å². The lowest BCUT2D eigenvalue weighted by Gasteiger charge is -2.30. The van der Waals surface area contributed by atoms with Crippen LogP contribution in [0.3, 0.4) is 0 Å². The van der Waals surface area contributed by atoms with Crippen LogP contribution in [0.4, 0.5) is 11.4 Å². The lowest BCUT2D eigenvalue weighted by molar-refractivity contribution is -0.122. The van der Waals surface area contributed by atoms with Gasteiger partial charge in [-0.05, 0) is 65.1 Å². The van der Waals surface area contributed by atoms with Crippen molar-refractivity contribution in [3.63, 3.8) is 0 Å². The first kappa shape index (κ1) is 22.0. The van der Waals surface area contributed by atoms with Crippen LogP contribution < -0.4 is 15.4 Å². The van der Waals surface area contributed by atoms with Gasteiger partial charge in [-0.3, -0.25) is 4.79 Å². The van der Waals surface area contributed by atoms with Gasteiger partial charge in [0.05, 0.1) is 12.2 Å². The fraction of sp³-hybridized carbons (Fsp3) is 0.480. The molecule has 0 aliphatic carbocycles. The molecule has 1 aliphatic rings. The van der Waals surface area contributed by atoms with Crippen molar-refractivity contribution in [1.82, 2.24) is 0 Å². The first-order valence-corrected chi connectivity index (χ1v) is 10.5. The van der Waals surface area contributed by atoms with Crippen LogP contribution in [0.1, 0.15) is 63.8 Å². The molecule has 0 fully saturated rings. The largest absolute Gasteiger partial charge is 0.508 e. The average Bonchev–Trinajstić information content (AvgIpc) is 2.60. The number of hydrogen-bond donors (Lipinski definition) is 3. The number of aryl methyl sites for hydroxylation is 2. The number of anilines is 2. The molecule has 162 valence electrons. The summed E-state index contributed by atoms with van der Waals surface area (Å²) in [5.74, 6) is 0.635. The zero-order valence-corrected chi connectivity index (χ0v) is 19.4. The SMILES string of the molecule is Cc1cc2c(cc1C)OC(C(=O)Nc1cc(O)c(C(C)(C)C)cc1C(C)(C)C)CN2. The second kappa shape index (κ2) is 7.53. The van der Waals surface area contributed by atoms with Crippen LogP contribution in [-0.4, -0.2) is 23.7 Å². The topological polar surface area (TPSA) is 70.6 Å². The zero-order chi connectivity index (χ0) is 22.4. The van der Waals surface area contributed by atoms with Gasteiger partial charge < -0.3 is 20.5 Å². The monoisotopic (exact) mass is 410 g/mol. The lowest BCUT2D eigenvalue weighted by Crippen LogP contribution is -2.41. The number of hydrogen-bond acceptors (Lipinski definition) is 4. The van der Waals surface area contributed by atoms with E-state index in [-0.39, 0.29) is 22.5 Å². The summed E-state index contributed by atoms with van der Waals surface area (Å²) >= 11 is 0. The number of ether oxygens (including phenoxy) is 1. The molecule has 1 atom stereocenters. The van der Waals surface area contributed by atoms with E-state index in [0.29, 0.717) is 18.0 Å². The summed E-state index contributed by atoms with van der Waals surface area (Å²) in [5.41, 5.74) is 5.25. The smallest absolute Gasteiger partial charge is 0.267 e. The summed E-state index contributed by atoms with van der Waals surface area (Å²) in [6, 6.07) is 7.67. The third kappa shape index (κ3) is 4.40. The molecule has 0 saturated heterocycles. The molecule has 2 aromatic carbocycles. The Labute approximate surface area is 179 Å². The number of carbonyl (C=O) groups is 1. The second-order valence-corrected chi connectivity index (χ2v) is 10.3. The van der Waals surface area contributed by atoms with Gasteiger partial charge in [-0.2, -0.15) is 0 Å². The van der Waals surface area contributed by atoms with E-state index in [1.54, 1.807) is 6.07 Å². The molecule has 0 radical (unpaired) electrons. The van der Waals surface area contributed by atoms with Crippen molar-refractivity contribution in [2.24, 2.45) is 0 Å². The second-order valence-electron chi connectivity index (χ2n) is 10.3. The number of nitrogens with one attached hydrogen (secondary N) is 2. The summed E-state index contributed by atoms with van der Waals surface area (Å²) in [4.78, 5) is 13.0. The van der Waals surface area contributed by atoms with E-state index in [2.05, 4.69) is 59.1 Å². The van der Waals surface area contributed by atoms with Gasteiger partial charge in [0.2, 0.25) is 0 Å². The van der Waals surface area contributed by atoms with Crippen LogP contribution in [0.5, 0.6) is 11.5 Å². The van der Waals surface area contributed by atoms with Crippen molar-refractivity contribution in [3.8, 4) is 11.5 Å². The number of carbonyl (C=O) groups excluding carboxylic acids is 1. The number of phenols is 1. The maximum Gasteiger partial charge on any atom is 0.267 e. The van der Waals surface area contributed by atoms with Gasteiger partial charge >= 0.3 is 0 Å². The zero-order valence-electron chi connectivity index (χ0n) is 19.4. The first-order chi connectivity index (χ1) is 13.8. The van der Waals surface area contributed by atoms with Gasteiger partial charge in [-0.15, -0.1) is 0 Å². The summed E-state index contributed by atoms with van der Waals surface area (Å²) in [5, 5.41) is 16.9. The van der Waals surface area contributed by atoms with Crippen molar-refractivity contribution in [1.29, 1.82) is 0 Å². The number of rotatable bonds is 2. The van der Waals surface area contributed by atoms with E-state index >= 15 is 0 Å². The van der Waals surface area contributed by atoms with E-state index in [9.17, 15) is 9.90 Å². The molecule has 0 spiro atoms. The molecular weight excluding hydrogens is 376 g/mol. The number of benzene rings is 2. The fourth-order valence-corrected chi connectivity index (χ4v) is 3.70. The van der Waals surface area contributed by atoms with Crippen molar-refractivity contribution >= 4 is 17.3 Å². The molecule has 1 unspecified atom stereocenters. The van der Waals surface area contributed by atoms with Crippen molar-refractivity contribution in [3.05, 3.63) is 46.5 Å². The van der Waals surface area contributed by atoms with Crippen molar-refractivity contribution in [2.45, 2.75) is 72.3 Å². The Morgan fingerprint density at radius 1 is 1.00 bits per heavy atom. The predicted octanol–water partition coefficient (Wildman–Crippen LogP) is 5.42. The molecule has 2 aromatic rings. The lowest BCUT2D eigenvalue weighted by atomic mass is 9.79. The quantitative estimate of drug-likeness (QED) is 0.619. The molecule has 1 amide bonds. The Balaban J connectivity index is 1.89. The molecule has 1 heterocycles. The van der Waals surface area contributed by atoms with Crippen LogP contribution in [0.15, 0.2) is 24.3 Å². The Morgan fingerprint density at radius 2 is 1.60 bits per heavy atom. The molecule has 5 heteroatoms. The van der Waals surface area contributed by atoms with Crippen LogP contribution in [-0.2, 0) is 15.6 Å². The summed E-state index contributed by atoms with van der Waals surface area (Å²) in [6.07, 6.45) is -0.656. The number of amides is 1. The third-order valence-corrected chi connectivity index (χ3v) is 5.65. The first-order valence-electron chi connectivity index (χ1n) is 10.5. The molecule has 0 bridgehead atoms. The predicted molar refractivity (Wildman–Crippen MR) is 123 cm³/mol. The minimum atomic E-state index is -0.656. The highest BCUT2D eigenvalue weighted by atomic mass is 16.5. The molecule has 5 nitrogen and oxygen atoms in total. The highest BCUT2D eigenvalue weighted by Crippen LogP contribution is 2.40. The van der Waals surface area contributed by atoms with Crippen LogP contribution in [0, 0.1) is 13.8 Å². The van der Waals surface area contributed by atoms with Gasteiger partial charge in [0.15, 0.2) is 6.10 Å². The van der Waals surface area contributed by atoms with Gasteiger partial charge in [-0.25, -0.2) is 0 Å². The molecule has 30 heavy (non-hydrogen) atoms. The molecular formula is C25H34N2O3. The normalized spacial score (nSPS) is 16.3. The fourth-order valence-electron chi connectivity index (χ4n) is 3.70. The molecule has 3 N–H and O–H groups in total. The van der Waals surface area contributed by atoms with Crippen LogP contribution >= 0.6 is 0 Å². The minimum Gasteiger partial charge on any atom is -0.508 e. The van der Waals surface area contributed by atoms with Gasteiger partial charge in [0.25, 0.3) is 5.91 Å². The maximum absolute atomic E-state index is 13.0. The minimum absolute atomic E-state index is 0.185. The van der Waals surface area contributed by atoms with Gasteiger partial charge in [-0.1, -0.05) is 41.5 Å². The maximum atomic E-state index is 13.0. The standard InChI is InChI=1S/C25H34N2O3/c1-14-9-19-21(10-15(14)2)30-22(13-26-19)23(29)27-18-12-20(28)17(25(6,7)8)11-16(18)24(3,4)5/h9-12,22,26,28H,13H2,1-8H3,(H,27,29). The Kier molecular flexibility index (Phi) is 5.52. The molecule has 0 aromatic heterocycles. The van der Waals surface area contributed by atoms with Gasteiger partial charge in [0.1, 0.15) is 11.5 Å². The average molecular weight is 411 g/mol. The summed E-state index contributed by atoms with van der Waals surface area (Å²) < 4.78 is 6.00. The molecule has 3 rings (SSSR count). The molecule has 0 saturated carbocycles. The van der Waals surface area contributed by atoms with Crippen LogP contribution in [0.2, 0.25) is 0 Å². The highest BCUT2D eigenvalue weighted by Gasteiger charge is 2.30. The highest BCUT2D eigenvalue weighted by molar-refractivity contribution is 5.96. The van der Waals surface area contributed by atoms with E-state index in [0.717, 1.165) is 22.4 Å². The Morgan fingerprint density at radius 3 is 2.20 bits per heavy atom. The number of phenolic OH excluding ortho intramolecular Hbond substituents is 1. The van der Waals surface area contributed by atoms with E-state index in [1.807, 2.05) is 25.1 Å². The van der Waals surface area contributed by atoms with Crippen molar-refractivity contribution < 1.29 is 14.6 Å². The van der Waals surface area contributed by atoms with Crippen LogP contribution in [0.25, 0.3) is 0 Å².